The van der Waals surface area contributed by atoms with Gasteiger partial charge < -0.3 is 20.1 Å². The zero-order valence-electron chi connectivity index (χ0n) is 23.8. The van der Waals surface area contributed by atoms with E-state index in [1.165, 1.54) is 56.4 Å². The highest BCUT2D eigenvalue weighted by molar-refractivity contribution is 5.96. The number of benzene rings is 1. The Balaban J connectivity index is 1.20. The molecule has 1 heterocycles. The van der Waals surface area contributed by atoms with Crippen molar-refractivity contribution in [2.75, 3.05) is 13.2 Å². The minimum absolute atomic E-state index is 0.0852. The molecule has 0 aliphatic heterocycles. The van der Waals surface area contributed by atoms with Gasteiger partial charge in [0.1, 0.15) is 11.3 Å². The van der Waals surface area contributed by atoms with E-state index in [0.29, 0.717) is 35.8 Å². The van der Waals surface area contributed by atoms with Crippen LogP contribution in [0.15, 0.2) is 30.5 Å². The van der Waals surface area contributed by atoms with Crippen molar-refractivity contribution in [1.29, 1.82) is 0 Å². The minimum Gasteiger partial charge on any atom is -0.477 e. The van der Waals surface area contributed by atoms with Gasteiger partial charge in [0.05, 0.1) is 24.3 Å². The Morgan fingerprint density at radius 1 is 1.07 bits per heavy atom. The van der Waals surface area contributed by atoms with E-state index in [4.69, 9.17) is 9.47 Å². The third-order valence-corrected chi connectivity index (χ3v) is 8.92. The highest BCUT2D eigenvalue weighted by atomic mass is 16.6. The van der Waals surface area contributed by atoms with Crippen molar-refractivity contribution in [3.8, 4) is 11.6 Å². The number of non-ortho nitro benzene ring substituents is 1. The maximum absolute atomic E-state index is 13.5. The lowest BCUT2D eigenvalue weighted by atomic mass is 9.66. The zero-order chi connectivity index (χ0) is 28.8. The van der Waals surface area contributed by atoms with Gasteiger partial charge in [-0.2, -0.15) is 5.10 Å². The average molecular weight is 568 g/mol. The molecule has 0 spiro atoms. The first-order valence-corrected chi connectivity index (χ1v) is 15.0. The molecule has 2 N–H and O–H groups in total. The van der Waals surface area contributed by atoms with Crippen LogP contribution < -0.4 is 20.1 Å². The predicted molar refractivity (Wildman–Crippen MR) is 152 cm³/mol. The number of amides is 2. The highest BCUT2D eigenvalue weighted by Crippen LogP contribution is 2.42. The van der Waals surface area contributed by atoms with Crippen molar-refractivity contribution in [2.24, 2.45) is 23.7 Å². The lowest BCUT2D eigenvalue weighted by Crippen LogP contribution is -2.46. The van der Waals surface area contributed by atoms with E-state index in [-0.39, 0.29) is 36.5 Å². The van der Waals surface area contributed by atoms with E-state index in [1.54, 1.807) is 10.9 Å². The number of nitrogens with one attached hydrogen (secondary N) is 2. The minimum atomic E-state index is -0.689. The lowest BCUT2D eigenvalue weighted by molar-refractivity contribution is -0.384. The summed E-state index contributed by atoms with van der Waals surface area (Å²) in [6, 6.07) is 5.46. The highest BCUT2D eigenvalue weighted by Gasteiger charge is 2.37. The molecular weight excluding hydrogens is 526 g/mol. The van der Waals surface area contributed by atoms with Crippen molar-refractivity contribution >= 4 is 17.7 Å². The number of nitrogens with zero attached hydrogens (tertiary/aromatic N) is 3. The maximum Gasteiger partial charge on any atom is 0.412 e. The molecule has 4 unspecified atom stereocenters. The summed E-state index contributed by atoms with van der Waals surface area (Å²) in [6.07, 6.45) is 12.6. The van der Waals surface area contributed by atoms with E-state index in [2.05, 4.69) is 22.7 Å². The van der Waals surface area contributed by atoms with Gasteiger partial charge in [0, 0.05) is 24.7 Å². The Morgan fingerprint density at radius 3 is 2.61 bits per heavy atom. The van der Waals surface area contributed by atoms with Gasteiger partial charge in [-0.05, 0) is 80.8 Å². The van der Waals surface area contributed by atoms with Crippen LogP contribution in [0.1, 0.15) is 81.5 Å². The molecule has 3 aliphatic carbocycles. The lowest BCUT2D eigenvalue weighted by Gasteiger charge is -2.43. The number of carbonyl (C=O) groups is 2. The number of ether oxygens (including phenoxy) is 2. The van der Waals surface area contributed by atoms with Crippen LogP contribution in [0.25, 0.3) is 0 Å². The fourth-order valence-electron chi connectivity index (χ4n) is 6.89. The standard InChI is InChI=1S/C30H41N5O6/c1-20-15-22-7-12-27(23(16-20)17-22)33-28(36)26-18-32-34(29(26)40-19-21-5-3-2-4-6-21)14-13-31-30(37)41-25-10-8-24(9-11-25)35(38)39/h8-11,18,20-23,27H,2-7,12-17,19H2,1H3,(H,31,37)(H,33,36). The second-order valence-corrected chi connectivity index (χ2v) is 12.1. The molecule has 222 valence electrons. The maximum atomic E-state index is 13.5. The molecule has 41 heavy (non-hydrogen) atoms. The molecule has 3 saturated carbocycles. The average Bonchev–Trinajstić information content (AvgIpc) is 3.36. The van der Waals surface area contributed by atoms with E-state index >= 15 is 0 Å². The normalized spacial score (nSPS) is 24.3. The van der Waals surface area contributed by atoms with E-state index in [0.717, 1.165) is 38.0 Å². The molecule has 2 bridgehead atoms. The van der Waals surface area contributed by atoms with Crippen molar-refractivity contribution < 1.29 is 24.0 Å². The Morgan fingerprint density at radius 2 is 1.85 bits per heavy atom. The van der Waals surface area contributed by atoms with Crippen LogP contribution >= 0.6 is 0 Å². The van der Waals surface area contributed by atoms with Crippen LogP contribution in [-0.4, -0.2) is 45.9 Å². The quantitative estimate of drug-likeness (QED) is 0.286. The number of hydrogen-bond donors (Lipinski definition) is 2. The summed E-state index contributed by atoms with van der Waals surface area (Å²) in [7, 11) is 0. The number of fused-ring (bicyclic) bond motifs is 2. The molecule has 2 amide bonds. The predicted octanol–water partition coefficient (Wildman–Crippen LogP) is 5.48. The second-order valence-electron chi connectivity index (χ2n) is 12.1. The number of rotatable bonds is 10. The first-order chi connectivity index (χ1) is 19.9. The topological polar surface area (TPSA) is 138 Å². The van der Waals surface area contributed by atoms with Gasteiger partial charge in [0.15, 0.2) is 0 Å². The summed E-state index contributed by atoms with van der Waals surface area (Å²) in [5, 5.41) is 21.2. The Kier molecular flexibility index (Phi) is 9.41. The van der Waals surface area contributed by atoms with Gasteiger partial charge in [-0.1, -0.05) is 26.2 Å². The summed E-state index contributed by atoms with van der Waals surface area (Å²) in [5.41, 5.74) is 0.346. The molecule has 4 atom stereocenters. The summed E-state index contributed by atoms with van der Waals surface area (Å²) in [6.45, 7) is 3.33. The summed E-state index contributed by atoms with van der Waals surface area (Å²) < 4.78 is 13.1. The fourth-order valence-corrected chi connectivity index (χ4v) is 6.89. The Hall–Kier alpha value is -3.63. The van der Waals surface area contributed by atoms with Gasteiger partial charge >= 0.3 is 6.09 Å². The molecule has 1 aromatic heterocycles. The molecule has 11 nitrogen and oxygen atoms in total. The van der Waals surface area contributed by atoms with E-state index < -0.39 is 11.0 Å². The summed E-state index contributed by atoms with van der Waals surface area (Å²) >= 11 is 0. The van der Waals surface area contributed by atoms with Crippen molar-refractivity contribution in [3.63, 3.8) is 0 Å². The largest absolute Gasteiger partial charge is 0.477 e. The monoisotopic (exact) mass is 567 g/mol. The number of nitro benzene ring substituents is 1. The molecule has 3 aliphatic rings. The molecule has 0 radical (unpaired) electrons. The van der Waals surface area contributed by atoms with Crippen LogP contribution in [0.5, 0.6) is 11.6 Å². The number of aromatic nitrogens is 2. The fraction of sp³-hybridized carbons (Fsp3) is 0.633. The van der Waals surface area contributed by atoms with E-state index in [1.807, 2.05) is 0 Å². The van der Waals surface area contributed by atoms with Gasteiger partial charge in [-0.25, -0.2) is 9.48 Å². The van der Waals surface area contributed by atoms with Gasteiger partial charge in [-0.3, -0.25) is 14.9 Å². The number of carbonyl (C=O) groups excluding carboxylic acids is 2. The second kappa shape index (κ2) is 13.4. The molecular formula is C30H41N5O6. The molecule has 2 aromatic rings. The number of nitro groups is 1. The van der Waals surface area contributed by atoms with Gasteiger partial charge in [0.2, 0.25) is 5.88 Å². The van der Waals surface area contributed by atoms with Crippen LogP contribution in [0.3, 0.4) is 0 Å². The van der Waals surface area contributed by atoms with Crippen LogP contribution in [0, 0.1) is 33.8 Å². The zero-order valence-corrected chi connectivity index (χ0v) is 23.8. The van der Waals surface area contributed by atoms with Crippen molar-refractivity contribution in [3.05, 3.63) is 46.1 Å². The van der Waals surface area contributed by atoms with Crippen molar-refractivity contribution in [1.82, 2.24) is 20.4 Å². The summed E-state index contributed by atoms with van der Waals surface area (Å²) in [4.78, 5) is 36.1. The van der Waals surface area contributed by atoms with Crippen LogP contribution in [0.2, 0.25) is 0 Å². The third-order valence-electron chi connectivity index (χ3n) is 8.92. The smallest absolute Gasteiger partial charge is 0.412 e. The van der Waals surface area contributed by atoms with Crippen molar-refractivity contribution in [2.45, 2.75) is 83.7 Å². The summed E-state index contributed by atoms with van der Waals surface area (Å²) in [5.74, 6) is 2.95. The van der Waals surface area contributed by atoms with Gasteiger partial charge in [-0.15, -0.1) is 0 Å². The molecule has 11 heteroatoms. The molecule has 1 aromatic carbocycles. The first-order valence-electron chi connectivity index (χ1n) is 15.0. The van der Waals surface area contributed by atoms with Gasteiger partial charge in [0.25, 0.3) is 11.6 Å². The Labute approximate surface area is 240 Å². The van der Waals surface area contributed by atoms with Crippen LogP contribution in [0.4, 0.5) is 10.5 Å². The van der Waals surface area contributed by atoms with Crippen LogP contribution in [-0.2, 0) is 6.54 Å². The van der Waals surface area contributed by atoms with E-state index in [9.17, 15) is 19.7 Å². The molecule has 5 rings (SSSR count). The Bertz CT molecular complexity index is 1210. The third kappa shape index (κ3) is 7.56. The first kappa shape index (κ1) is 28.9. The molecule has 0 saturated heterocycles. The SMILES string of the molecule is CC1CC2CCC(NC(=O)c3cnn(CCNC(=O)Oc4ccc([N+](=O)[O-])cc4)c3OCC3CCCCC3)C(C1)C2. The number of hydrogen-bond acceptors (Lipinski definition) is 7. The molecule has 3 fully saturated rings.